The van der Waals surface area contributed by atoms with E-state index in [1.165, 1.54) is 11.3 Å². The van der Waals surface area contributed by atoms with Gasteiger partial charge in [0.1, 0.15) is 0 Å². The molecule has 1 amide bonds. The predicted octanol–water partition coefficient (Wildman–Crippen LogP) is 4.88. The van der Waals surface area contributed by atoms with Crippen LogP contribution in [0.2, 0.25) is 5.02 Å². The summed E-state index contributed by atoms with van der Waals surface area (Å²) >= 11 is 12.6. The number of nitrogens with one attached hydrogen (secondary N) is 1. The van der Waals surface area contributed by atoms with Crippen LogP contribution in [0.4, 0.5) is 5.69 Å². The van der Waals surface area contributed by atoms with Crippen LogP contribution in [0.25, 0.3) is 15.6 Å². The van der Waals surface area contributed by atoms with Gasteiger partial charge in [-0.1, -0.05) is 34.7 Å². The molecule has 0 bridgehead atoms. The Bertz CT molecular complexity index is 1730. The number of thiophene rings is 1. The number of amides is 1. The van der Waals surface area contributed by atoms with E-state index in [0.29, 0.717) is 18.0 Å². The number of hydrogen-bond donors (Lipinski definition) is 1. The van der Waals surface area contributed by atoms with Crippen LogP contribution in [0, 0.1) is 0 Å². The number of carbonyl (C=O) groups excluding carboxylic acids is 1. The van der Waals surface area contributed by atoms with Crippen LogP contribution in [0.15, 0.2) is 50.0 Å². The lowest BCUT2D eigenvalue weighted by atomic mass is 10.2. The third-order valence-corrected chi connectivity index (χ3v) is 11.8. The van der Waals surface area contributed by atoms with E-state index in [1.54, 1.807) is 34.9 Å². The Balaban J connectivity index is 1.65. The molecule has 40 heavy (non-hydrogen) atoms. The van der Waals surface area contributed by atoms with Gasteiger partial charge in [0.2, 0.25) is 22.1 Å². The largest absolute Gasteiger partial charge is 0.748 e. The normalized spacial score (nSPS) is 15.3. The topological polar surface area (TPSA) is 128 Å². The van der Waals surface area contributed by atoms with Gasteiger partial charge in [0.15, 0.2) is 4.01 Å². The predicted molar refractivity (Wildman–Crippen MR) is 165 cm³/mol. The molecule has 9 nitrogen and oxygen atoms in total. The number of rotatable bonds is 11. The Hall–Kier alpha value is -1.59. The van der Waals surface area contributed by atoms with Gasteiger partial charge in [0.25, 0.3) is 10.9 Å². The maximum atomic E-state index is 12.5. The zero-order chi connectivity index (χ0) is 29.2. The highest BCUT2D eigenvalue weighted by atomic mass is 35.5. The summed E-state index contributed by atoms with van der Waals surface area (Å²) in [5.41, 5.74) is 2.67. The number of hydrogen-bond acceptors (Lipinski definition) is 11. The van der Waals surface area contributed by atoms with Crippen molar-refractivity contribution in [3.05, 3.63) is 51.0 Å². The van der Waals surface area contributed by atoms with Crippen LogP contribution in [0.5, 0.6) is 0 Å². The van der Waals surface area contributed by atoms with Gasteiger partial charge >= 0.3 is 0 Å². The quantitative estimate of drug-likeness (QED) is 0.131. The standard InChI is InChI=1S/C24H26ClN3O6S6/c1-15(10-21-27(8-4-5-9-40(32,33)34)17-12-16(25)6-7-19(17)36-21)11-22-28(14-20(29)26-39(3,30)31)18-13-23(35-2)38-24(18)37-22/h6-7,10-13H,4-5,8-9,14H2,1-3H3,(H-,26,29,32,33,34). The summed E-state index contributed by atoms with van der Waals surface area (Å²) < 4.78 is 62.3. The molecule has 4 rings (SSSR count). The van der Waals surface area contributed by atoms with Gasteiger partial charge in [0, 0.05) is 34.4 Å². The van der Waals surface area contributed by atoms with Gasteiger partial charge in [-0.05, 0) is 55.9 Å². The Morgan fingerprint density at radius 3 is 2.62 bits per heavy atom. The molecule has 1 aromatic carbocycles. The minimum absolute atomic E-state index is 0.152. The maximum Gasteiger partial charge on any atom is 0.299 e. The first-order valence-electron chi connectivity index (χ1n) is 11.8. The lowest BCUT2D eigenvalue weighted by molar-refractivity contribution is -0.655. The van der Waals surface area contributed by atoms with E-state index in [-0.39, 0.29) is 13.0 Å². The lowest BCUT2D eigenvalue weighted by Gasteiger charge is -2.21. The van der Waals surface area contributed by atoms with Gasteiger partial charge in [-0.25, -0.2) is 21.6 Å². The van der Waals surface area contributed by atoms with Crippen molar-refractivity contribution in [1.29, 1.82) is 0 Å². The molecule has 1 aliphatic heterocycles. The molecule has 3 aromatic rings. The fraction of sp³-hybridized carbons (Fsp3) is 0.333. The number of allylic oxidation sites excluding steroid dienone is 2. The smallest absolute Gasteiger partial charge is 0.299 e. The second-order valence-electron chi connectivity index (χ2n) is 8.97. The minimum Gasteiger partial charge on any atom is -0.748 e. The zero-order valence-electron chi connectivity index (χ0n) is 21.7. The Labute approximate surface area is 255 Å². The first kappa shape index (κ1) is 31.3. The number of benzene rings is 1. The molecule has 0 unspecified atom stereocenters. The molecule has 0 fully saturated rings. The molecule has 0 saturated carbocycles. The van der Waals surface area contributed by atoms with Gasteiger partial charge in [-0.2, -0.15) is 4.57 Å². The van der Waals surface area contributed by atoms with E-state index in [1.807, 2.05) is 58.9 Å². The molecule has 216 valence electrons. The Morgan fingerprint density at radius 2 is 1.95 bits per heavy atom. The molecular weight excluding hydrogens is 654 g/mol. The number of sulfonamides is 1. The van der Waals surface area contributed by atoms with Crippen molar-refractivity contribution in [2.75, 3.05) is 29.7 Å². The van der Waals surface area contributed by atoms with Gasteiger partial charge in [-0.3, -0.25) is 4.79 Å². The van der Waals surface area contributed by atoms with Crippen molar-refractivity contribution >= 4 is 105 Å². The van der Waals surface area contributed by atoms with Crippen molar-refractivity contribution in [3.8, 4) is 0 Å². The molecule has 16 heteroatoms. The van der Waals surface area contributed by atoms with Gasteiger partial charge < -0.3 is 9.45 Å². The lowest BCUT2D eigenvalue weighted by Crippen LogP contribution is -2.45. The average molecular weight is 680 g/mol. The highest BCUT2D eigenvalue weighted by molar-refractivity contribution is 8.03. The molecule has 1 aliphatic rings. The summed E-state index contributed by atoms with van der Waals surface area (Å²) in [7, 11) is -7.96. The van der Waals surface area contributed by atoms with E-state index < -0.39 is 31.8 Å². The van der Waals surface area contributed by atoms with Crippen molar-refractivity contribution in [2.45, 2.75) is 35.4 Å². The van der Waals surface area contributed by atoms with Crippen LogP contribution in [0.1, 0.15) is 24.8 Å². The molecular formula is C24H26ClN3O6S6. The molecule has 0 saturated heterocycles. The number of fused-ring (bicyclic) bond motifs is 2. The molecule has 0 radical (unpaired) electrons. The first-order valence-corrected chi connectivity index (χ1v) is 19.3. The molecule has 3 heterocycles. The summed E-state index contributed by atoms with van der Waals surface area (Å²) in [6.07, 6.45) is 7.64. The fourth-order valence-corrected chi connectivity index (χ4v) is 9.67. The highest BCUT2D eigenvalue weighted by Gasteiger charge is 2.27. The van der Waals surface area contributed by atoms with Gasteiger partial charge in [-0.15, -0.1) is 23.1 Å². The summed E-state index contributed by atoms with van der Waals surface area (Å²) in [6.45, 7) is 2.29. The Morgan fingerprint density at radius 1 is 1.20 bits per heavy atom. The monoisotopic (exact) mass is 679 g/mol. The third kappa shape index (κ3) is 8.25. The number of thiazole rings is 1. The van der Waals surface area contributed by atoms with E-state index in [4.69, 9.17) is 11.6 Å². The SMILES string of the molecule is CSc1cc2c(s1)sc(C=C(C)C=C1Sc3ccc(Cl)cc3N1CCCCS(=O)(=O)[O-])[n+]2CC(=O)NS(C)(=O)=O. The van der Waals surface area contributed by atoms with Crippen molar-refractivity contribution < 1.29 is 30.7 Å². The second kappa shape index (κ2) is 12.7. The summed E-state index contributed by atoms with van der Waals surface area (Å²) in [6, 6.07) is 7.60. The number of nitrogens with zero attached hydrogens (tertiary/aromatic N) is 2. The van der Waals surface area contributed by atoms with E-state index >= 15 is 0 Å². The molecule has 2 aromatic heterocycles. The second-order valence-corrected chi connectivity index (χ2v) is 17.2. The first-order chi connectivity index (χ1) is 18.7. The number of thioether (sulfide) groups is 2. The van der Waals surface area contributed by atoms with Crippen molar-refractivity contribution in [3.63, 3.8) is 0 Å². The van der Waals surface area contributed by atoms with Crippen LogP contribution in [-0.2, 0) is 31.5 Å². The maximum absolute atomic E-state index is 12.5. The van der Waals surface area contributed by atoms with E-state index in [0.717, 1.165) is 46.2 Å². The average Bonchev–Trinajstić information content (AvgIpc) is 3.47. The van der Waals surface area contributed by atoms with E-state index in [9.17, 15) is 26.2 Å². The third-order valence-electron chi connectivity index (χ3n) is 5.63. The van der Waals surface area contributed by atoms with Crippen LogP contribution in [-0.4, -0.2) is 52.1 Å². The Kier molecular flexibility index (Phi) is 9.98. The summed E-state index contributed by atoms with van der Waals surface area (Å²) in [5.74, 6) is -1.03. The van der Waals surface area contributed by atoms with E-state index in [2.05, 4.69) is 4.90 Å². The number of unbranched alkanes of at least 4 members (excludes halogenated alkanes) is 1. The van der Waals surface area contributed by atoms with Crippen LogP contribution >= 0.6 is 57.8 Å². The number of halogens is 1. The molecule has 0 aliphatic carbocycles. The number of anilines is 1. The van der Waals surface area contributed by atoms with Gasteiger partial charge in [0.05, 0.1) is 31.3 Å². The van der Waals surface area contributed by atoms with Crippen molar-refractivity contribution in [1.82, 2.24) is 4.72 Å². The molecule has 0 atom stereocenters. The molecule has 0 spiro atoms. The highest BCUT2D eigenvalue weighted by Crippen LogP contribution is 2.47. The van der Waals surface area contributed by atoms with Crippen LogP contribution in [0.3, 0.4) is 0 Å². The fourth-order valence-electron chi connectivity index (χ4n) is 4.02. The zero-order valence-corrected chi connectivity index (χ0v) is 27.3. The number of carbonyl (C=O) groups is 1. The summed E-state index contributed by atoms with van der Waals surface area (Å²) in [5, 5.41) is 2.29. The molecule has 1 N–H and O–H groups in total. The summed E-state index contributed by atoms with van der Waals surface area (Å²) in [4.78, 5) is 15.6. The van der Waals surface area contributed by atoms with Crippen molar-refractivity contribution in [2.24, 2.45) is 0 Å². The van der Waals surface area contributed by atoms with Crippen LogP contribution < -0.4 is 14.2 Å². The number of aromatic nitrogens is 1. The minimum atomic E-state index is -4.27.